The summed E-state index contributed by atoms with van der Waals surface area (Å²) in [4.78, 5) is 46.2. The Hall–Kier alpha value is -2.70. The summed E-state index contributed by atoms with van der Waals surface area (Å²) in [6, 6.07) is 2.18. The van der Waals surface area contributed by atoms with Gasteiger partial charge in [-0.3, -0.25) is 14.5 Å². The van der Waals surface area contributed by atoms with Crippen molar-refractivity contribution in [2.45, 2.75) is 13.0 Å². The molecule has 1 aliphatic heterocycles. The average molecular weight is 263 g/mol. The monoisotopic (exact) mass is 263 g/mol. The van der Waals surface area contributed by atoms with E-state index in [-0.39, 0.29) is 16.7 Å². The zero-order valence-corrected chi connectivity index (χ0v) is 9.78. The van der Waals surface area contributed by atoms with Crippen molar-refractivity contribution < 1.29 is 29.4 Å². The zero-order valence-electron chi connectivity index (χ0n) is 9.78. The second-order valence-electron chi connectivity index (χ2n) is 4.06. The second-order valence-corrected chi connectivity index (χ2v) is 4.06. The van der Waals surface area contributed by atoms with Crippen molar-refractivity contribution in [2.75, 3.05) is 0 Å². The number of carboxylic acids is 2. The number of fused-ring (bicyclic) bond motifs is 1. The first-order chi connectivity index (χ1) is 8.84. The molecular formula is C12H9NO6. The molecule has 1 aromatic carbocycles. The maximum Gasteiger partial charge on any atom is 0.335 e. The first kappa shape index (κ1) is 12.7. The minimum atomic E-state index is -1.31. The highest BCUT2D eigenvalue weighted by atomic mass is 16.4. The van der Waals surface area contributed by atoms with Crippen LogP contribution >= 0.6 is 0 Å². The fraction of sp³-hybridized carbons (Fsp3) is 0.167. The summed E-state index contributed by atoms with van der Waals surface area (Å²) in [5, 5.41) is 17.7. The summed E-state index contributed by atoms with van der Waals surface area (Å²) in [5.41, 5.74) is -0.203. The molecule has 2 rings (SSSR count). The Morgan fingerprint density at radius 1 is 1.11 bits per heavy atom. The van der Waals surface area contributed by atoms with Crippen molar-refractivity contribution in [3.8, 4) is 0 Å². The van der Waals surface area contributed by atoms with Gasteiger partial charge in [-0.05, 0) is 25.1 Å². The highest BCUT2D eigenvalue weighted by Gasteiger charge is 2.41. The Bertz CT molecular complexity index is 621. The Balaban J connectivity index is 2.50. The summed E-state index contributed by atoms with van der Waals surface area (Å²) in [6.07, 6.45) is 0. The third-order valence-electron chi connectivity index (χ3n) is 2.91. The van der Waals surface area contributed by atoms with Crippen molar-refractivity contribution in [1.29, 1.82) is 0 Å². The number of hydrogen-bond acceptors (Lipinski definition) is 4. The minimum Gasteiger partial charge on any atom is -0.480 e. The largest absolute Gasteiger partial charge is 0.480 e. The van der Waals surface area contributed by atoms with Gasteiger partial charge in [0.15, 0.2) is 0 Å². The molecule has 1 aromatic rings. The number of nitrogens with zero attached hydrogens (tertiary/aromatic N) is 1. The first-order valence-corrected chi connectivity index (χ1v) is 5.32. The Morgan fingerprint density at radius 2 is 1.68 bits per heavy atom. The van der Waals surface area contributed by atoms with E-state index in [0.29, 0.717) is 4.90 Å². The van der Waals surface area contributed by atoms with E-state index in [1.54, 1.807) is 0 Å². The summed E-state index contributed by atoms with van der Waals surface area (Å²) >= 11 is 0. The number of aromatic carboxylic acids is 1. The highest BCUT2D eigenvalue weighted by Crippen LogP contribution is 2.25. The number of carbonyl (C=O) groups is 4. The van der Waals surface area contributed by atoms with Crippen LogP contribution in [0.3, 0.4) is 0 Å². The van der Waals surface area contributed by atoms with Gasteiger partial charge < -0.3 is 10.2 Å². The van der Waals surface area contributed by atoms with Crippen molar-refractivity contribution >= 4 is 23.8 Å². The molecule has 0 aliphatic carbocycles. The molecule has 1 atom stereocenters. The molecule has 0 bridgehead atoms. The first-order valence-electron chi connectivity index (χ1n) is 5.32. The van der Waals surface area contributed by atoms with E-state index in [9.17, 15) is 19.2 Å². The normalized spacial score (nSPS) is 15.3. The van der Waals surface area contributed by atoms with E-state index < -0.39 is 29.8 Å². The predicted molar refractivity (Wildman–Crippen MR) is 61.0 cm³/mol. The van der Waals surface area contributed by atoms with Crippen LogP contribution in [0.4, 0.5) is 0 Å². The smallest absolute Gasteiger partial charge is 0.335 e. The number of carbonyl (C=O) groups excluding carboxylic acids is 2. The standard InChI is InChI=1S/C12H9NO6/c1-5(11(16)17)13-9(14)7-3-2-6(12(18)19)4-8(7)10(13)15/h2-5H,1H3,(H,16,17)(H,18,19)/t5-/m0/s1. The third-order valence-corrected chi connectivity index (χ3v) is 2.91. The van der Waals surface area contributed by atoms with Crippen LogP contribution in [0, 0.1) is 0 Å². The van der Waals surface area contributed by atoms with Gasteiger partial charge in [0, 0.05) is 0 Å². The van der Waals surface area contributed by atoms with Gasteiger partial charge in [0.05, 0.1) is 16.7 Å². The third kappa shape index (κ3) is 1.85. The topological polar surface area (TPSA) is 112 Å². The van der Waals surface area contributed by atoms with E-state index in [1.165, 1.54) is 19.1 Å². The van der Waals surface area contributed by atoms with E-state index in [2.05, 4.69) is 0 Å². The van der Waals surface area contributed by atoms with Crippen molar-refractivity contribution in [1.82, 2.24) is 4.90 Å². The molecule has 98 valence electrons. The van der Waals surface area contributed by atoms with Crippen LogP contribution in [0.2, 0.25) is 0 Å². The molecule has 1 aliphatic rings. The van der Waals surface area contributed by atoms with Gasteiger partial charge in [-0.1, -0.05) is 0 Å². The van der Waals surface area contributed by atoms with E-state index >= 15 is 0 Å². The fourth-order valence-corrected chi connectivity index (χ4v) is 1.85. The lowest BCUT2D eigenvalue weighted by molar-refractivity contribution is -0.140. The van der Waals surface area contributed by atoms with E-state index in [0.717, 1.165) is 6.07 Å². The van der Waals surface area contributed by atoms with Crippen LogP contribution in [0.25, 0.3) is 0 Å². The fourth-order valence-electron chi connectivity index (χ4n) is 1.85. The van der Waals surface area contributed by atoms with Crippen molar-refractivity contribution in [3.63, 3.8) is 0 Å². The van der Waals surface area contributed by atoms with Crippen LogP contribution < -0.4 is 0 Å². The van der Waals surface area contributed by atoms with Crippen LogP contribution in [0.1, 0.15) is 38.0 Å². The number of imide groups is 1. The number of carboxylic acid groups (broad SMARTS) is 2. The molecule has 0 aromatic heterocycles. The molecular weight excluding hydrogens is 254 g/mol. The van der Waals surface area contributed by atoms with E-state index in [1.807, 2.05) is 0 Å². The van der Waals surface area contributed by atoms with Gasteiger partial charge in [-0.25, -0.2) is 9.59 Å². The van der Waals surface area contributed by atoms with Crippen LogP contribution in [-0.4, -0.2) is 44.9 Å². The number of benzene rings is 1. The highest BCUT2D eigenvalue weighted by molar-refractivity contribution is 6.23. The van der Waals surface area contributed by atoms with Crippen molar-refractivity contribution in [3.05, 3.63) is 34.9 Å². The Morgan fingerprint density at radius 3 is 2.21 bits per heavy atom. The van der Waals surface area contributed by atoms with Gasteiger partial charge in [0.1, 0.15) is 6.04 Å². The molecule has 0 spiro atoms. The maximum atomic E-state index is 12.0. The lowest BCUT2D eigenvalue weighted by Crippen LogP contribution is -2.42. The molecule has 0 radical (unpaired) electrons. The van der Waals surface area contributed by atoms with Crippen molar-refractivity contribution in [2.24, 2.45) is 0 Å². The van der Waals surface area contributed by atoms with Gasteiger partial charge >= 0.3 is 11.9 Å². The van der Waals surface area contributed by atoms with Gasteiger partial charge in [-0.2, -0.15) is 0 Å². The molecule has 0 unspecified atom stereocenters. The number of aliphatic carboxylic acids is 1. The molecule has 2 N–H and O–H groups in total. The molecule has 7 nitrogen and oxygen atoms in total. The second kappa shape index (κ2) is 4.20. The Labute approximate surface area is 107 Å². The molecule has 2 amide bonds. The molecule has 1 heterocycles. The molecule has 19 heavy (non-hydrogen) atoms. The number of amides is 2. The molecule has 0 saturated heterocycles. The predicted octanol–water partition coefficient (Wildman–Crippen LogP) is 0.454. The SMILES string of the molecule is C[C@@H](C(=O)O)N1C(=O)c2ccc(C(=O)O)cc2C1=O. The molecule has 7 heteroatoms. The lowest BCUT2D eigenvalue weighted by atomic mass is 10.1. The summed E-state index contributed by atoms with van der Waals surface area (Å²) < 4.78 is 0. The summed E-state index contributed by atoms with van der Waals surface area (Å²) in [5.74, 6) is -4.06. The Kier molecular flexibility index (Phi) is 2.82. The molecule has 0 saturated carbocycles. The number of rotatable bonds is 3. The van der Waals surface area contributed by atoms with Gasteiger partial charge in [0.2, 0.25) is 0 Å². The number of hydrogen-bond donors (Lipinski definition) is 2. The van der Waals surface area contributed by atoms with Crippen LogP contribution in [0.5, 0.6) is 0 Å². The van der Waals surface area contributed by atoms with Gasteiger partial charge in [-0.15, -0.1) is 0 Å². The van der Waals surface area contributed by atoms with Crippen LogP contribution in [0.15, 0.2) is 18.2 Å². The quantitative estimate of drug-likeness (QED) is 0.766. The minimum absolute atomic E-state index is 0.0168. The summed E-state index contributed by atoms with van der Waals surface area (Å²) in [6.45, 7) is 1.21. The maximum absolute atomic E-state index is 12.0. The molecule has 0 fully saturated rings. The zero-order chi connectivity index (χ0) is 14.3. The summed E-state index contributed by atoms with van der Waals surface area (Å²) in [7, 11) is 0. The lowest BCUT2D eigenvalue weighted by Gasteiger charge is -2.17. The van der Waals surface area contributed by atoms with E-state index in [4.69, 9.17) is 10.2 Å². The van der Waals surface area contributed by atoms with Gasteiger partial charge in [0.25, 0.3) is 11.8 Å². The van der Waals surface area contributed by atoms with Crippen LogP contribution in [-0.2, 0) is 4.79 Å². The average Bonchev–Trinajstić information content (AvgIpc) is 2.60.